The molecule has 32 heavy (non-hydrogen) atoms. The molecule has 3 aromatic rings. The highest BCUT2D eigenvalue weighted by Gasteiger charge is 2.24. The maximum atomic E-state index is 12.8. The fourth-order valence-corrected chi connectivity index (χ4v) is 2.74. The van der Waals surface area contributed by atoms with Crippen LogP contribution in [0.25, 0.3) is 5.82 Å². The molecule has 0 spiro atoms. The van der Waals surface area contributed by atoms with E-state index in [2.05, 4.69) is 35.8 Å². The maximum absolute atomic E-state index is 12.8. The van der Waals surface area contributed by atoms with Gasteiger partial charge in [0.25, 0.3) is 5.91 Å². The van der Waals surface area contributed by atoms with Crippen LogP contribution in [0.4, 0.5) is 11.5 Å². The Labute approximate surface area is 180 Å². The lowest BCUT2D eigenvalue weighted by Crippen LogP contribution is -2.24. The fraction of sp³-hybridized carbons (Fsp3) is 0.294. The molecule has 0 saturated carbocycles. The Bertz CT molecular complexity index is 1180. The van der Waals surface area contributed by atoms with Gasteiger partial charge < -0.3 is 15.4 Å². The van der Waals surface area contributed by atoms with Gasteiger partial charge in [0.2, 0.25) is 11.6 Å². The van der Waals surface area contributed by atoms with Crippen LogP contribution in [0, 0.1) is 10.1 Å². The molecule has 15 heteroatoms. The molecular formula is C17H20N10O5. The van der Waals surface area contributed by atoms with Crippen molar-refractivity contribution in [1.29, 1.82) is 0 Å². The van der Waals surface area contributed by atoms with E-state index in [4.69, 9.17) is 10.5 Å². The number of nitro groups is 1. The number of nitrogens with one attached hydrogen (secondary N) is 1. The molecule has 15 nitrogen and oxygen atoms in total. The summed E-state index contributed by atoms with van der Waals surface area (Å²) in [4.78, 5) is 25.2. The van der Waals surface area contributed by atoms with Gasteiger partial charge in [-0.3, -0.25) is 14.9 Å². The first kappa shape index (κ1) is 22.3. The molecule has 0 fully saturated rings. The maximum Gasteiger partial charge on any atom is 0.311 e. The minimum Gasteiger partial charge on any atom is -0.490 e. The number of carbonyl (C=O) groups is 1. The van der Waals surface area contributed by atoms with Crippen LogP contribution in [0.2, 0.25) is 0 Å². The van der Waals surface area contributed by atoms with Gasteiger partial charge in [0.1, 0.15) is 0 Å². The first-order valence-electron chi connectivity index (χ1n) is 9.08. The fourth-order valence-electron chi connectivity index (χ4n) is 2.74. The molecule has 0 unspecified atom stereocenters. The van der Waals surface area contributed by atoms with Gasteiger partial charge >= 0.3 is 5.69 Å². The van der Waals surface area contributed by atoms with E-state index in [0.717, 1.165) is 0 Å². The van der Waals surface area contributed by atoms with Crippen molar-refractivity contribution in [2.75, 3.05) is 26.9 Å². The van der Waals surface area contributed by atoms with E-state index in [9.17, 15) is 14.9 Å². The molecule has 2 heterocycles. The van der Waals surface area contributed by atoms with Crippen LogP contribution in [0.5, 0.6) is 5.75 Å². The Morgan fingerprint density at radius 1 is 1.41 bits per heavy atom. The molecule has 168 valence electrons. The van der Waals surface area contributed by atoms with E-state index in [0.29, 0.717) is 17.0 Å². The number of amides is 1. The third-order valence-corrected chi connectivity index (χ3v) is 4.26. The molecule has 1 amide bonds. The number of nitro benzene ring substituents is 1. The monoisotopic (exact) mass is 444 g/mol. The zero-order chi connectivity index (χ0) is 23.4. The molecule has 0 aliphatic carbocycles. The van der Waals surface area contributed by atoms with Gasteiger partial charge in [-0.15, -0.1) is 5.10 Å². The number of aromatic nitrogens is 5. The smallest absolute Gasteiger partial charge is 0.311 e. The highest BCUT2D eigenvalue weighted by atomic mass is 16.6. The van der Waals surface area contributed by atoms with Crippen LogP contribution in [0.3, 0.4) is 0 Å². The number of carbonyl (C=O) groups excluding carboxylic acids is 1. The highest BCUT2D eigenvalue weighted by Crippen LogP contribution is 2.27. The molecule has 3 rings (SSSR count). The quantitative estimate of drug-likeness (QED) is 0.277. The molecule has 0 aliphatic rings. The Kier molecular flexibility index (Phi) is 6.39. The van der Waals surface area contributed by atoms with Crippen LogP contribution in [0.1, 0.15) is 28.7 Å². The van der Waals surface area contributed by atoms with Crippen LogP contribution in [-0.4, -0.2) is 68.0 Å². The van der Waals surface area contributed by atoms with Crippen LogP contribution >= 0.6 is 0 Å². The van der Waals surface area contributed by atoms with E-state index in [1.807, 2.05) is 0 Å². The van der Waals surface area contributed by atoms with E-state index in [1.165, 1.54) is 23.9 Å². The van der Waals surface area contributed by atoms with Crippen molar-refractivity contribution in [3.63, 3.8) is 0 Å². The molecular weight excluding hydrogens is 424 g/mol. The lowest BCUT2D eigenvalue weighted by Gasteiger charge is -2.11. The Morgan fingerprint density at radius 3 is 2.75 bits per heavy atom. The number of methoxy groups -OCH3 is 1. The van der Waals surface area contributed by atoms with Crippen molar-refractivity contribution < 1.29 is 19.1 Å². The Morgan fingerprint density at radius 2 is 2.16 bits per heavy atom. The number of anilines is 1. The van der Waals surface area contributed by atoms with Crippen molar-refractivity contribution in [3.05, 3.63) is 45.3 Å². The number of hydrogen-bond donors (Lipinski definition) is 2. The van der Waals surface area contributed by atoms with Crippen molar-refractivity contribution in [1.82, 2.24) is 35.6 Å². The van der Waals surface area contributed by atoms with Gasteiger partial charge in [-0.25, -0.2) is 10.1 Å². The van der Waals surface area contributed by atoms with Gasteiger partial charge in [0.15, 0.2) is 11.4 Å². The van der Waals surface area contributed by atoms with Crippen LogP contribution in [-0.2, 0) is 6.54 Å². The third-order valence-electron chi connectivity index (χ3n) is 4.26. The predicted octanol–water partition coefficient (Wildman–Crippen LogP) is 0.365. The summed E-state index contributed by atoms with van der Waals surface area (Å²) in [5.74, 6) is -0.455. The molecule has 0 aliphatic heterocycles. The Hall–Kier alpha value is -4.40. The summed E-state index contributed by atoms with van der Waals surface area (Å²) < 4.78 is 10.8. The number of nitrogens with two attached hydrogens (primary N) is 1. The first-order chi connectivity index (χ1) is 15.2. The lowest BCUT2D eigenvalue weighted by molar-refractivity contribution is -0.385. The summed E-state index contributed by atoms with van der Waals surface area (Å²) in [6, 6.07) is 4.34. The topological polar surface area (TPSA) is 193 Å². The first-order valence-corrected chi connectivity index (χ1v) is 9.08. The SMILES string of the molecule is COc1ccc(/C(C)=N\NC(=O)c2nnn(-c3nonc3N)c2CN(C)C)cc1[N+](=O)[O-]. The number of hydrazone groups is 1. The van der Waals surface area contributed by atoms with Crippen molar-refractivity contribution in [3.8, 4) is 11.6 Å². The summed E-state index contributed by atoms with van der Waals surface area (Å²) in [5.41, 5.74) is 9.01. The highest BCUT2D eigenvalue weighted by molar-refractivity contribution is 6.01. The zero-order valence-electron chi connectivity index (χ0n) is 17.6. The van der Waals surface area contributed by atoms with Gasteiger partial charge in [-0.05, 0) is 43.5 Å². The molecule has 0 saturated heterocycles. The third kappa shape index (κ3) is 4.51. The minimum absolute atomic E-state index is 0.0154. The van der Waals surface area contributed by atoms with Gasteiger partial charge in [0, 0.05) is 18.2 Å². The second-order valence-electron chi connectivity index (χ2n) is 6.79. The molecule has 0 radical (unpaired) electrons. The van der Waals surface area contributed by atoms with E-state index in [1.54, 1.807) is 32.0 Å². The van der Waals surface area contributed by atoms with Crippen molar-refractivity contribution >= 4 is 23.1 Å². The number of nitrogen functional groups attached to an aromatic ring is 1. The van der Waals surface area contributed by atoms with E-state index in [-0.39, 0.29) is 35.3 Å². The molecule has 2 aromatic heterocycles. The van der Waals surface area contributed by atoms with Crippen LogP contribution < -0.4 is 15.9 Å². The summed E-state index contributed by atoms with van der Waals surface area (Å²) in [7, 11) is 4.93. The predicted molar refractivity (Wildman–Crippen MR) is 110 cm³/mol. The largest absolute Gasteiger partial charge is 0.490 e. The van der Waals surface area contributed by atoms with Gasteiger partial charge in [-0.2, -0.15) is 9.78 Å². The average molecular weight is 444 g/mol. The summed E-state index contributed by atoms with van der Waals surface area (Å²) in [6.45, 7) is 1.86. The molecule has 3 N–H and O–H groups in total. The number of rotatable bonds is 8. The lowest BCUT2D eigenvalue weighted by atomic mass is 10.1. The van der Waals surface area contributed by atoms with Gasteiger partial charge in [0.05, 0.1) is 23.4 Å². The standard InChI is InChI=1S/C17H20N10O5/c1-9(10-5-6-13(31-4)11(7-10)27(29)30)19-21-17(28)14-12(8-25(2)3)26(24-20-14)16-15(18)22-32-23-16/h5-7H,8H2,1-4H3,(H2,18,22)(H,21,28)/b19-9-. The molecule has 0 atom stereocenters. The number of nitrogens with zero attached hydrogens (tertiary/aromatic N) is 8. The summed E-state index contributed by atoms with van der Waals surface area (Å²) in [6.07, 6.45) is 0. The zero-order valence-corrected chi connectivity index (χ0v) is 17.6. The summed E-state index contributed by atoms with van der Waals surface area (Å²) in [5, 5.41) is 30.3. The normalized spacial score (nSPS) is 11.6. The molecule has 1 aromatic carbocycles. The summed E-state index contributed by atoms with van der Waals surface area (Å²) >= 11 is 0. The number of hydrogen-bond acceptors (Lipinski definition) is 12. The Balaban J connectivity index is 1.88. The number of benzene rings is 1. The molecule has 0 bridgehead atoms. The number of ether oxygens (including phenoxy) is 1. The van der Waals surface area contributed by atoms with Crippen molar-refractivity contribution in [2.24, 2.45) is 5.10 Å². The second-order valence-corrected chi connectivity index (χ2v) is 6.79. The minimum atomic E-state index is -0.648. The average Bonchev–Trinajstić information content (AvgIpc) is 3.36. The van der Waals surface area contributed by atoms with E-state index >= 15 is 0 Å². The second kappa shape index (κ2) is 9.17. The van der Waals surface area contributed by atoms with Crippen molar-refractivity contribution in [2.45, 2.75) is 13.5 Å². The van der Waals surface area contributed by atoms with E-state index < -0.39 is 10.8 Å². The van der Waals surface area contributed by atoms with Gasteiger partial charge in [-0.1, -0.05) is 5.21 Å². The van der Waals surface area contributed by atoms with Crippen LogP contribution in [0.15, 0.2) is 27.9 Å².